The van der Waals surface area contributed by atoms with Gasteiger partial charge in [-0.15, -0.1) is 0 Å². The van der Waals surface area contributed by atoms with Gasteiger partial charge in [0, 0.05) is 17.8 Å². The number of hydrogen-bond acceptors (Lipinski definition) is 3. The van der Waals surface area contributed by atoms with Crippen LogP contribution in [0.15, 0.2) is 12.1 Å². The Hall–Kier alpha value is -1.09. The fourth-order valence-electron chi connectivity index (χ4n) is 1.30. The average molecular weight is 180 g/mol. The lowest BCUT2D eigenvalue weighted by Gasteiger charge is -2.07. The van der Waals surface area contributed by atoms with E-state index in [9.17, 15) is 0 Å². The van der Waals surface area contributed by atoms with Crippen molar-refractivity contribution >= 4 is 0 Å². The predicted molar refractivity (Wildman–Crippen MR) is 52.9 cm³/mol. The number of hydrogen-bond donors (Lipinski definition) is 1. The molecular weight excluding hydrogens is 164 g/mol. The van der Waals surface area contributed by atoms with Gasteiger partial charge in [0.1, 0.15) is 0 Å². The molecule has 0 aliphatic heterocycles. The van der Waals surface area contributed by atoms with Crippen LogP contribution < -0.4 is 10.5 Å². The number of nitrogens with two attached hydrogens (primary N) is 1. The minimum Gasteiger partial charge on any atom is -0.481 e. The Morgan fingerprint density at radius 1 is 1.54 bits per heavy atom. The summed E-state index contributed by atoms with van der Waals surface area (Å²) in [5.41, 5.74) is 7.85. The normalized spacial score (nSPS) is 12.6. The van der Waals surface area contributed by atoms with Crippen molar-refractivity contribution in [2.24, 2.45) is 5.73 Å². The summed E-state index contributed by atoms with van der Waals surface area (Å²) in [6.45, 7) is 3.94. The number of aromatic nitrogens is 1. The van der Waals surface area contributed by atoms with E-state index in [1.54, 1.807) is 7.11 Å². The van der Waals surface area contributed by atoms with Crippen LogP contribution in [-0.4, -0.2) is 18.1 Å². The lowest BCUT2D eigenvalue weighted by molar-refractivity contribution is 0.396. The van der Waals surface area contributed by atoms with Gasteiger partial charge in [-0.25, -0.2) is 4.98 Å². The second-order valence-electron chi connectivity index (χ2n) is 3.34. The van der Waals surface area contributed by atoms with Gasteiger partial charge in [0.05, 0.1) is 7.11 Å². The molecule has 3 nitrogen and oxygen atoms in total. The summed E-state index contributed by atoms with van der Waals surface area (Å²) < 4.78 is 5.07. The average Bonchev–Trinajstić information content (AvgIpc) is 2.01. The minimum absolute atomic E-state index is 0.173. The first kappa shape index (κ1) is 9.99. The van der Waals surface area contributed by atoms with Crippen molar-refractivity contribution in [3.8, 4) is 5.88 Å². The monoisotopic (exact) mass is 180 g/mol. The fraction of sp³-hybridized carbons (Fsp3) is 0.500. The number of pyridine rings is 1. The van der Waals surface area contributed by atoms with Crippen LogP contribution in [0.4, 0.5) is 0 Å². The third kappa shape index (κ3) is 3.03. The van der Waals surface area contributed by atoms with Crippen LogP contribution >= 0.6 is 0 Å². The molecule has 0 spiro atoms. The largest absolute Gasteiger partial charge is 0.481 e. The zero-order chi connectivity index (χ0) is 9.84. The SMILES string of the molecule is COc1cc(C[C@@H](C)N)cc(C)n1. The third-order valence-corrected chi connectivity index (χ3v) is 1.76. The number of methoxy groups -OCH3 is 1. The van der Waals surface area contributed by atoms with Gasteiger partial charge in [-0.3, -0.25) is 0 Å². The second-order valence-corrected chi connectivity index (χ2v) is 3.34. The van der Waals surface area contributed by atoms with E-state index in [1.807, 2.05) is 26.0 Å². The van der Waals surface area contributed by atoms with Gasteiger partial charge in [0.15, 0.2) is 0 Å². The topological polar surface area (TPSA) is 48.1 Å². The van der Waals surface area contributed by atoms with Gasteiger partial charge in [0.2, 0.25) is 5.88 Å². The summed E-state index contributed by atoms with van der Waals surface area (Å²) in [5.74, 6) is 0.663. The van der Waals surface area contributed by atoms with E-state index >= 15 is 0 Å². The maximum atomic E-state index is 5.70. The van der Waals surface area contributed by atoms with Crippen LogP contribution in [0.2, 0.25) is 0 Å². The van der Waals surface area contributed by atoms with Gasteiger partial charge in [-0.2, -0.15) is 0 Å². The van der Waals surface area contributed by atoms with Crippen LogP contribution in [0.3, 0.4) is 0 Å². The quantitative estimate of drug-likeness (QED) is 0.762. The lowest BCUT2D eigenvalue weighted by Crippen LogP contribution is -2.17. The van der Waals surface area contributed by atoms with Crippen molar-refractivity contribution < 1.29 is 4.74 Å². The zero-order valence-corrected chi connectivity index (χ0v) is 8.37. The predicted octanol–water partition coefficient (Wildman–Crippen LogP) is 1.29. The molecule has 1 rings (SSSR count). The number of rotatable bonds is 3. The van der Waals surface area contributed by atoms with Crippen molar-refractivity contribution in [2.45, 2.75) is 26.3 Å². The van der Waals surface area contributed by atoms with E-state index in [1.165, 1.54) is 5.56 Å². The van der Waals surface area contributed by atoms with E-state index in [0.717, 1.165) is 12.1 Å². The highest BCUT2D eigenvalue weighted by Crippen LogP contribution is 2.12. The highest BCUT2D eigenvalue weighted by atomic mass is 16.5. The van der Waals surface area contributed by atoms with Crippen LogP contribution in [0.25, 0.3) is 0 Å². The molecule has 0 aliphatic carbocycles. The number of nitrogens with zero attached hydrogens (tertiary/aromatic N) is 1. The molecule has 1 aromatic heterocycles. The lowest BCUT2D eigenvalue weighted by atomic mass is 10.1. The molecule has 0 bridgehead atoms. The maximum absolute atomic E-state index is 5.70. The summed E-state index contributed by atoms with van der Waals surface area (Å²) in [5, 5.41) is 0. The Morgan fingerprint density at radius 2 is 2.23 bits per heavy atom. The van der Waals surface area contributed by atoms with Crippen LogP contribution in [-0.2, 0) is 6.42 Å². The highest BCUT2D eigenvalue weighted by Gasteiger charge is 2.02. The second kappa shape index (κ2) is 4.23. The van der Waals surface area contributed by atoms with Gasteiger partial charge < -0.3 is 10.5 Å². The Labute approximate surface area is 78.9 Å². The van der Waals surface area contributed by atoms with Gasteiger partial charge in [-0.05, 0) is 31.9 Å². The molecule has 0 aliphatic rings. The van der Waals surface area contributed by atoms with E-state index in [-0.39, 0.29) is 6.04 Å². The minimum atomic E-state index is 0.173. The van der Waals surface area contributed by atoms with Crippen molar-refractivity contribution in [1.82, 2.24) is 4.98 Å². The van der Waals surface area contributed by atoms with Crippen molar-refractivity contribution in [3.63, 3.8) is 0 Å². The molecule has 1 heterocycles. The van der Waals surface area contributed by atoms with E-state index in [0.29, 0.717) is 5.88 Å². The summed E-state index contributed by atoms with van der Waals surface area (Å²) >= 11 is 0. The molecule has 2 N–H and O–H groups in total. The van der Waals surface area contributed by atoms with Crippen LogP contribution in [0.1, 0.15) is 18.2 Å². The molecule has 0 saturated heterocycles. The molecule has 0 unspecified atom stereocenters. The van der Waals surface area contributed by atoms with Crippen LogP contribution in [0, 0.1) is 6.92 Å². The third-order valence-electron chi connectivity index (χ3n) is 1.76. The van der Waals surface area contributed by atoms with Gasteiger partial charge >= 0.3 is 0 Å². The first-order valence-electron chi connectivity index (χ1n) is 4.39. The Morgan fingerprint density at radius 3 is 2.77 bits per heavy atom. The maximum Gasteiger partial charge on any atom is 0.213 e. The molecule has 1 aromatic rings. The van der Waals surface area contributed by atoms with Crippen LogP contribution in [0.5, 0.6) is 5.88 Å². The fourth-order valence-corrected chi connectivity index (χ4v) is 1.30. The molecule has 1 atom stereocenters. The summed E-state index contributed by atoms with van der Waals surface area (Å²) in [6, 6.07) is 4.13. The summed E-state index contributed by atoms with van der Waals surface area (Å²) in [7, 11) is 1.62. The van der Waals surface area contributed by atoms with Gasteiger partial charge in [0.25, 0.3) is 0 Å². The Kier molecular flexibility index (Phi) is 3.25. The Bertz CT molecular complexity index is 284. The smallest absolute Gasteiger partial charge is 0.213 e. The van der Waals surface area contributed by atoms with Gasteiger partial charge in [-0.1, -0.05) is 0 Å². The molecule has 0 aromatic carbocycles. The standard InChI is InChI=1S/C10H16N2O/c1-7(11)4-9-5-8(2)12-10(6-9)13-3/h5-7H,4,11H2,1-3H3/t7-/m1/s1. The first-order valence-corrected chi connectivity index (χ1v) is 4.39. The molecular formula is C10H16N2O. The zero-order valence-electron chi connectivity index (χ0n) is 8.37. The molecule has 3 heteroatoms. The van der Waals surface area contributed by atoms with Crippen molar-refractivity contribution in [1.29, 1.82) is 0 Å². The van der Waals surface area contributed by atoms with E-state index in [2.05, 4.69) is 4.98 Å². The number of aryl methyl sites for hydroxylation is 1. The molecule has 72 valence electrons. The molecule has 0 fully saturated rings. The molecule has 13 heavy (non-hydrogen) atoms. The first-order chi connectivity index (χ1) is 6.11. The highest BCUT2D eigenvalue weighted by molar-refractivity contribution is 5.25. The van der Waals surface area contributed by atoms with Crippen molar-refractivity contribution in [2.75, 3.05) is 7.11 Å². The molecule has 0 saturated carbocycles. The van der Waals surface area contributed by atoms with Crippen molar-refractivity contribution in [3.05, 3.63) is 23.4 Å². The Balaban J connectivity index is 2.88. The summed E-state index contributed by atoms with van der Waals surface area (Å²) in [6.07, 6.45) is 0.861. The molecule has 0 amide bonds. The molecule has 0 radical (unpaired) electrons. The number of ether oxygens (including phenoxy) is 1. The van der Waals surface area contributed by atoms with E-state index in [4.69, 9.17) is 10.5 Å². The van der Waals surface area contributed by atoms with E-state index < -0.39 is 0 Å². The summed E-state index contributed by atoms with van der Waals surface area (Å²) in [4.78, 5) is 4.20.